The third-order valence-corrected chi connectivity index (χ3v) is 4.16. The molecule has 2 N–H and O–H groups in total. The molecule has 1 aliphatic rings. The van der Waals surface area contributed by atoms with Crippen LogP contribution in [0.15, 0.2) is 12.1 Å². The molecule has 0 aromatic heterocycles. The van der Waals surface area contributed by atoms with Gasteiger partial charge in [0.05, 0.1) is 38.2 Å². The maximum absolute atomic E-state index is 12.4. The van der Waals surface area contributed by atoms with E-state index >= 15 is 0 Å². The number of rotatable bonds is 8. The molecular weight excluding hydrogens is 342 g/mol. The number of anilines is 1. The summed E-state index contributed by atoms with van der Waals surface area (Å²) < 4.78 is 21.6. The van der Waals surface area contributed by atoms with Gasteiger partial charge in [0.25, 0.3) is 5.91 Å². The number of carboxylic acids is 1. The number of methoxy groups -OCH3 is 2. The van der Waals surface area contributed by atoms with Gasteiger partial charge in [-0.2, -0.15) is 0 Å². The normalized spacial score (nSPS) is 18.0. The number of aromatic carboxylic acids is 1. The maximum atomic E-state index is 12.4. The smallest absolute Gasteiger partial charge is 0.335 e. The Kier molecular flexibility index (Phi) is 7.23. The highest BCUT2D eigenvalue weighted by atomic mass is 16.5. The van der Waals surface area contributed by atoms with Gasteiger partial charge in [-0.15, -0.1) is 0 Å². The van der Waals surface area contributed by atoms with Crippen LogP contribution in [0.4, 0.5) is 5.69 Å². The van der Waals surface area contributed by atoms with Crippen LogP contribution in [-0.2, 0) is 14.3 Å². The number of amides is 1. The molecule has 2 unspecified atom stereocenters. The quantitative estimate of drug-likeness (QED) is 0.727. The molecular formula is C18H25NO7. The van der Waals surface area contributed by atoms with Crippen molar-refractivity contribution in [3.8, 4) is 11.5 Å². The van der Waals surface area contributed by atoms with Crippen molar-refractivity contribution in [1.82, 2.24) is 0 Å². The first kappa shape index (κ1) is 20.0. The second-order valence-corrected chi connectivity index (χ2v) is 6.02. The zero-order valence-electron chi connectivity index (χ0n) is 15.2. The first-order chi connectivity index (χ1) is 12.5. The Labute approximate surface area is 152 Å². The van der Waals surface area contributed by atoms with E-state index in [2.05, 4.69) is 5.32 Å². The van der Waals surface area contributed by atoms with Crippen molar-refractivity contribution in [3.05, 3.63) is 17.7 Å². The number of ether oxygens (including phenoxy) is 4. The van der Waals surface area contributed by atoms with Crippen molar-refractivity contribution in [1.29, 1.82) is 0 Å². The lowest BCUT2D eigenvalue weighted by molar-refractivity contribution is -0.130. The zero-order chi connectivity index (χ0) is 19.1. The molecule has 1 heterocycles. The van der Waals surface area contributed by atoms with E-state index in [1.165, 1.54) is 26.4 Å². The van der Waals surface area contributed by atoms with Crippen LogP contribution in [-0.4, -0.2) is 56.6 Å². The number of hydrogen-bond donors (Lipinski definition) is 2. The number of carbonyl (C=O) groups excluding carboxylic acids is 1. The predicted octanol–water partition coefficient (Wildman–Crippen LogP) is 2.31. The first-order valence-corrected chi connectivity index (χ1v) is 8.49. The van der Waals surface area contributed by atoms with Gasteiger partial charge in [0, 0.05) is 6.61 Å². The summed E-state index contributed by atoms with van der Waals surface area (Å²) in [5.74, 6) is -1.09. The maximum Gasteiger partial charge on any atom is 0.335 e. The lowest BCUT2D eigenvalue weighted by Gasteiger charge is -2.24. The molecule has 0 saturated carbocycles. The number of nitrogens with one attached hydrogen (secondary N) is 1. The molecule has 8 heteroatoms. The lowest BCUT2D eigenvalue weighted by atomic mass is 10.1. The third-order valence-electron chi connectivity index (χ3n) is 4.16. The summed E-state index contributed by atoms with van der Waals surface area (Å²) in [7, 11) is 2.80. The molecule has 0 spiro atoms. The molecule has 1 aromatic rings. The molecule has 1 aromatic carbocycles. The van der Waals surface area contributed by atoms with Gasteiger partial charge in [-0.25, -0.2) is 4.79 Å². The Morgan fingerprint density at radius 2 is 2.08 bits per heavy atom. The summed E-state index contributed by atoms with van der Waals surface area (Å²) in [5, 5.41) is 11.9. The van der Waals surface area contributed by atoms with Crippen LogP contribution in [0.5, 0.6) is 11.5 Å². The van der Waals surface area contributed by atoms with Crippen LogP contribution in [0.25, 0.3) is 0 Å². The Morgan fingerprint density at radius 1 is 1.31 bits per heavy atom. The van der Waals surface area contributed by atoms with Crippen molar-refractivity contribution in [2.24, 2.45) is 0 Å². The van der Waals surface area contributed by atoms with Gasteiger partial charge in [0.2, 0.25) is 0 Å². The molecule has 0 aliphatic carbocycles. The van der Waals surface area contributed by atoms with Crippen LogP contribution >= 0.6 is 0 Å². The van der Waals surface area contributed by atoms with E-state index in [0.717, 1.165) is 19.3 Å². The standard InChI is InChI=1S/C18H25NO7/c1-11(26-10-13-6-4-5-7-25-13)17(20)19-14-8-12(18(21)22)9-15(23-2)16(14)24-3/h8-9,11,13H,4-7,10H2,1-3H3,(H,19,20)(H,21,22). The molecule has 8 nitrogen and oxygen atoms in total. The van der Waals surface area contributed by atoms with Crippen molar-refractivity contribution >= 4 is 17.6 Å². The van der Waals surface area contributed by atoms with Gasteiger partial charge in [0.1, 0.15) is 6.10 Å². The molecule has 1 fully saturated rings. The van der Waals surface area contributed by atoms with E-state index < -0.39 is 18.0 Å². The average molecular weight is 367 g/mol. The number of carboxylic acid groups (broad SMARTS) is 1. The summed E-state index contributed by atoms with van der Waals surface area (Å²) in [6, 6.07) is 2.65. The van der Waals surface area contributed by atoms with Gasteiger partial charge >= 0.3 is 5.97 Å². The summed E-state index contributed by atoms with van der Waals surface area (Å²) in [4.78, 5) is 23.7. The van der Waals surface area contributed by atoms with Crippen molar-refractivity contribution < 1.29 is 33.6 Å². The molecule has 2 rings (SSSR count). The molecule has 144 valence electrons. The van der Waals surface area contributed by atoms with E-state index in [9.17, 15) is 14.7 Å². The Balaban J connectivity index is 2.06. The zero-order valence-corrected chi connectivity index (χ0v) is 15.2. The third kappa shape index (κ3) is 5.09. The number of carbonyl (C=O) groups is 2. The molecule has 2 atom stereocenters. The predicted molar refractivity (Wildman–Crippen MR) is 94.1 cm³/mol. The van der Waals surface area contributed by atoms with Crippen LogP contribution in [0.1, 0.15) is 36.5 Å². The Bertz CT molecular complexity index is 641. The fraction of sp³-hybridized carbons (Fsp3) is 0.556. The first-order valence-electron chi connectivity index (χ1n) is 8.49. The van der Waals surface area contributed by atoms with Crippen molar-refractivity contribution in [2.75, 3.05) is 32.8 Å². The minimum absolute atomic E-state index is 0.00367. The molecule has 0 bridgehead atoms. The van der Waals surface area contributed by atoms with E-state index in [4.69, 9.17) is 18.9 Å². The minimum Gasteiger partial charge on any atom is -0.493 e. The largest absolute Gasteiger partial charge is 0.493 e. The molecule has 1 saturated heterocycles. The molecule has 1 amide bonds. The number of benzene rings is 1. The Morgan fingerprint density at radius 3 is 2.65 bits per heavy atom. The van der Waals surface area contributed by atoms with Gasteiger partial charge in [-0.3, -0.25) is 4.79 Å². The molecule has 1 aliphatic heterocycles. The van der Waals surface area contributed by atoms with E-state index in [0.29, 0.717) is 13.2 Å². The van der Waals surface area contributed by atoms with Gasteiger partial charge < -0.3 is 29.4 Å². The fourth-order valence-corrected chi connectivity index (χ4v) is 2.68. The van der Waals surface area contributed by atoms with Gasteiger partial charge in [-0.1, -0.05) is 0 Å². The minimum atomic E-state index is -1.14. The highest BCUT2D eigenvalue weighted by Gasteiger charge is 2.22. The Hall–Kier alpha value is -2.32. The summed E-state index contributed by atoms with van der Waals surface area (Å²) in [5.41, 5.74) is 0.181. The van der Waals surface area contributed by atoms with Crippen molar-refractivity contribution in [3.63, 3.8) is 0 Å². The van der Waals surface area contributed by atoms with Crippen LogP contribution in [0, 0.1) is 0 Å². The van der Waals surface area contributed by atoms with Crippen molar-refractivity contribution in [2.45, 2.75) is 38.4 Å². The van der Waals surface area contributed by atoms with Crippen LogP contribution in [0.3, 0.4) is 0 Å². The highest BCUT2D eigenvalue weighted by molar-refractivity contribution is 5.98. The average Bonchev–Trinajstić information content (AvgIpc) is 2.65. The van der Waals surface area contributed by atoms with Gasteiger partial charge in [0.15, 0.2) is 11.5 Å². The monoisotopic (exact) mass is 367 g/mol. The topological polar surface area (TPSA) is 103 Å². The number of hydrogen-bond acceptors (Lipinski definition) is 6. The molecule has 0 radical (unpaired) electrons. The summed E-state index contributed by atoms with van der Waals surface area (Å²) in [6.07, 6.45) is 2.33. The SMILES string of the molecule is COc1cc(C(=O)O)cc(NC(=O)C(C)OCC2CCCCO2)c1OC. The fourth-order valence-electron chi connectivity index (χ4n) is 2.68. The molecule has 26 heavy (non-hydrogen) atoms. The van der Waals surface area contributed by atoms with Crippen LogP contribution in [0.2, 0.25) is 0 Å². The van der Waals surface area contributed by atoms with E-state index in [-0.39, 0.29) is 28.9 Å². The lowest BCUT2D eigenvalue weighted by Crippen LogP contribution is -2.32. The van der Waals surface area contributed by atoms with E-state index in [1.54, 1.807) is 6.92 Å². The van der Waals surface area contributed by atoms with E-state index in [1.807, 2.05) is 0 Å². The van der Waals surface area contributed by atoms with Gasteiger partial charge in [-0.05, 0) is 38.3 Å². The summed E-state index contributed by atoms with van der Waals surface area (Å²) in [6.45, 7) is 2.68. The second kappa shape index (κ2) is 9.40. The second-order valence-electron chi connectivity index (χ2n) is 6.02. The van der Waals surface area contributed by atoms with Crippen LogP contribution < -0.4 is 14.8 Å². The highest BCUT2D eigenvalue weighted by Crippen LogP contribution is 2.36. The summed E-state index contributed by atoms with van der Waals surface area (Å²) >= 11 is 0.